The van der Waals surface area contributed by atoms with Crippen LogP contribution in [0.15, 0.2) is 53.6 Å². The Balaban J connectivity index is 1.80. The van der Waals surface area contributed by atoms with Crippen LogP contribution < -0.4 is 14.9 Å². The molecule has 0 atom stereocenters. The Morgan fingerprint density at radius 3 is 2.42 bits per heavy atom. The van der Waals surface area contributed by atoms with Gasteiger partial charge in [0.05, 0.1) is 38.4 Å². The molecule has 3 aromatic carbocycles. The van der Waals surface area contributed by atoms with Gasteiger partial charge in [-0.2, -0.15) is 18.3 Å². The molecule has 0 aliphatic heterocycles. The number of halogens is 6. The minimum absolute atomic E-state index is 0.128. The molecule has 0 aromatic heterocycles. The number of hydrazone groups is 1. The van der Waals surface area contributed by atoms with Gasteiger partial charge in [0.15, 0.2) is 11.5 Å². The van der Waals surface area contributed by atoms with Crippen molar-refractivity contribution in [1.29, 1.82) is 0 Å². The number of nitrogens with zero attached hydrogens (tertiary/aromatic N) is 2. The van der Waals surface area contributed by atoms with Gasteiger partial charge in [0.1, 0.15) is 12.3 Å². The lowest BCUT2D eigenvalue weighted by molar-refractivity contribution is -0.384. The Hall–Kier alpha value is -3.21. The van der Waals surface area contributed by atoms with E-state index in [4.69, 9.17) is 44.3 Å². The molecule has 0 bridgehead atoms. The van der Waals surface area contributed by atoms with E-state index in [0.717, 1.165) is 17.7 Å². The Labute approximate surface area is 218 Å². The van der Waals surface area contributed by atoms with Gasteiger partial charge in [-0.1, -0.05) is 40.9 Å². The number of hydrogen-bond acceptors (Lipinski definition) is 6. The molecule has 0 radical (unpaired) electrons. The molecule has 190 valence electrons. The van der Waals surface area contributed by atoms with Crippen molar-refractivity contribution in [3.63, 3.8) is 0 Å². The molecule has 3 rings (SSSR count). The van der Waals surface area contributed by atoms with Crippen molar-refractivity contribution in [1.82, 2.24) is 0 Å². The van der Waals surface area contributed by atoms with Crippen LogP contribution in [-0.4, -0.2) is 17.7 Å². The molecule has 0 unspecified atom stereocenters. The summed E-state index contributed by atoms with van der Waals surface area (Å²) in [5.41, 5.74) is 1.43. The first-order valence-electron chi connectivity index (χ1n) is 10.2. The molecule has 0 saturated heterocycles. The molecular formula is C23H17Cl3F3N3O4. The normalized spacial score (nSPS) is 11.5. The average molecular weight is 563 g/mol. The molecule has 36 heavy (non-hydrogen) atoms. The lowest BCUT2D eigenvalue weighted by Gasteiger charge is -2.15. The summed E-state index contributed by atoms with van der Waals surface area (Å²) >= 11 is 18.3. The smallest absolute Gasteiger partial charge is 0.416 e. The fraction of sp³-hybridized carbons (Fsp3) is 0.174. The zero-order valence-corrected chi connectivity index (χ0v) is 20.7. The lowest BCUT2D eigenvalue weighted by Crippen LogP contribution is -2.06. The maximum atomic E-state index is 12.9. The van der Waals surface area contributed by atoms with Crippen LogP contribution in [0.2, 0.25) is 15.1 Å². The summed E-state index contributed by atoms with van der Waals surface area (Å²) in [6, 6.07) is 10.2. The number of nitro benzene ring substituents is 1. The number of rotatable bonds is 9. The van der Waals surface area contributed by atoms with Gasteiger partial charge in [-0.3, -0.25) is 15.5 Å². The Bertz CT molecular complexity index is 1300. The van der Waals surface area contributed by atoms with E-state index in [2.05, 4.69) is 10.5 Å². The number of hydrogen-bond donors (Lipinski definition) is 1. The first kappa shape index (κ1) is 27.4. The third kappa shape index (κ3) is 6.93. The van der Waals surface area contributed by atoms with Gasteiger partial charge in [0.2, 0.25) is 0 Å². The third-order valence-electron chi connectivity index (χ3n) is 4.62. The predicted octanol–water partition coefficient (Wildman–Crippen LogP) is 8.00. The van der Waals surface area contributed by atoms with Gasteiger partial charge >= 0.3 is 6.18 Å². The van der Waals surface area contributed by atoms with E-state index in [9.17, 15) is 23.3 Å². The van der Waals surface area contributed by atoms with Crippen molar-refractivity contribution in [2.24, 2.45) is 5.10 Å². The first-order valence-corrected chi connectivity index (χ1v) is 11.3. The molecule has 7 nitrogen and oxygen atoms in total. The molecule has 13 heteroatoms. The van der Waals surface area contributed by atoms with Crippen LogP contribution in [0.5, 0.6) is 11.5 Å². The number of anilines is 1. The van der Waals surface area contributed by atoms with Crippen molar-refractivity contribution < 1.29 is 27.6 Å². The lowest BCUT2D eigenvalue weighted by atomic mass is 10.1. The van der Waals surface area contributed by atoms with Crippen LogP contribution in [-0.2, 0) is 12.8 Å². The van der Waals surface area contributed by atoms with Crippen molar-refractivity contribution >= 4 is 52.4 Å². The monoisotopic (exact) mass is 561 g/mol. The zero-order chi connectivity index (χ0) is 26.5. The van der Waals surface area contributed by atoms with Crippen molar-refractivity contribution in [2.75, 3.05) is 12.0 Å². The first-order chi connectivity index (χ1) is 17.0. The molecule has 0 spiro atoms. The summed E-state index contributed by atoms with van der Waals surface area (Å²) < 4.78 is 50.1. The highest BCUT2D eigenvalue weighted by Crippen LogP contribution is 2.38. The molecule has 0 amide bonds. The van der Waals surface area contributed by atoms with E-state index < -0.39 is 22.4 Å². The highest BCUT2D eigenvalue weighted by Gasteiger charge is 2.33. The molecule has 1 N–H and O–H groups in total. The van der Waals surface area contributed by atoms with Crippen LogP contribution in [0.25, 0.3) is 0 Å². The van der Waals surface area contributed by atoms with Gasteiger partial charge in [-0.15, -0.1) is 0 Å². The summed E-state index contributed by atoms with van der Waals surface area (Å²) in [5, 5.41) is 16.1. The van der Waals surface area contributed by atoms with Crippen molar-refractivity contribution in [2.45, 2.75) is 19.7 Å². The zero-order valence-electron chi connectivity index (χ0n) is 18.4. The van der Waals surface area contributed by atoms with Gasteiger partial charge in [-0.25, -0.2) is 0 Å². The quantitative estimate of drug-likeness (QED) is 0.162. The molecule has 0 aliphatic carbocycles. The Kier molecular flexibility index (Phi) is 8.89. The van der Waals surface area contributed by atoms with Gasteiger partial charge in [0.25, 0.3) is 5.69 Å². The SMILES string of the molecule is CCOc1cc(/C=N\Nc2ccc(C(F)(F)F)cc2[N+](=O)[O-])cc(Cl)c1OCc1ccc(Cl)c(Cl)c1. The van der Waals surface area contributed by atoms with E-state index >= 15 is 0 Å². The van der Waals surface area contributed by atoms with Crippen LogP contribution in [0.4, 0.5) is 24.5 Å². The second-order valence-electron chi connectivity index (χ2n) is 7.16. The molecular weight excluding hydrogens is 546 g/mol. The van der Waals surface area contributed by atoms with Crippen molar-refractivity contribution in [3.05, 3.63) is 90.4 Å². The van der Waals surface area contributed by atoms with Crippen LogP contribution in [0, 0.1) is 10.1 Å². The minimum atomic E-state index is -4.72. The number of benzene rings is 3. The number of ether oxygens (including phenoxy) is 2. The van der Waals surface area contributed by atoms with E-state index in [-0.39, 0.29) is 23.1 Å². The maximum Gasteiger partial charge on any atom is 0.416 e. The standard InChI is InChI=1S/C23H17Cl3F3N3O4/c1-2-35-21-9-14(8-18(26)22(21)36-12-13-3-5-16(24)17(25)7-13)11-30-31-19-6-4-15(23(27,28)29)10-20(19)32(33)34/h3-11,31H,2,12H2,1H3/b30-11-. The van der Waals surface area contributed by atoms with Gasteiger partial charge in [0, 0.05) is 6.07 Å². The van der Waals surface area contributed by atoms with E-state index in [1.54, 1.807) is 31.2 Å². The fourth-order valence-corrected chi connectivity index (χ4v) is 3.57. The fourth-order valence-electron chi connectivity index (χ4n) is 2.98. The molecule has 0 aliphatic rings. The average Bonchev–Trinajstić information content (AvgIpc) is 2.80. The van der Waals surface area contributed by atoms with E-state index in [0.29, 0.717) is 34.0 Å². The van der Waals surface area contributed by atoms with E-state index in [1.165, 1.54) is 12.3 Å². The summed E-state index contributed by atoms with van der Waals surface area (Å²) in [6.45, 7) is 2.20. The molecule has 0 heterocycles. The third-order valence-corrected chi connectivity index (χ3v) is 5.64. The summed E-state index contributed by atoms with van der Waals surface area (Å²) in [7, 11) is 0. The molecule has 0 fully saturated rings. The summed E-state index contributed by atoms with van der Waals surface area (Å²) in [5.74, 6) is 0.583. The maximum absolute atomic E-state index is 12.9. The summed E-state index contributed by atoms with van der Waals surface area (Å²) in [6.07, 6.45) is -3.44. The molecule has 3 aromatic rings. The van der Waals surface area contributed by atoms with Crippen LogP contribution >= 0.6 is 34.8 Å². The Morgan fingerprint density at radius 1 is 1.03 bits per heavy atom. The topological polar surface area (TPSA) is 86.0 Å². The van der Waals surface area contributed by atoms with Gasteiger partial charge in [-0.05, 0) is 54.4 Å². The second kappa shape index (κ2) is 11.7. The number of nitrogens with one attached hydrogen (secondary N) is 1. The van der Waals surface area contributed by atoms with E-state index in [1.807, 2.05) is 0 Å². The second-order valence-corrected chi connectivity index (χ2v) is 8.38. The molecule has 0 saturated carbocycles. The van der Waals surface area contributed by atoms with Crippen molar-refractivity contribution in [3.8, 4) is 11.5 Å². The van der Waals surface area contributed by atoms with Gasteiger partial charge < -0.3 is 9.47 Å². The highest BCUT2D eigenvalue weighted by molar-refractivity contribution is 6.42. The predicted molar refractivity (Wildman–Crippen MR) is 133 cm³/mol. The largest absolute Gasteiger partial charge is 0.490 e. The number of nitro groups is 1. The Morgan fingerprint density at radius 2 is 1.78 bits per heavy atom. The van der Waals surface area contributed by atoms with Crippen LogP contribution in [0.1, 0.15) is 23.6 Å². The van der Waals surface area contributed by atoms with Crippen LogP contribution in [0.3, 0.4) is 0 Å². The number of alkyl halides is 3. The summed E-state index contributed by atoms with van der Waals surface area (Å²) in [4.78, 5) is 10.3. The highest BCUT2D eigenvalue weighted by atomic mass is 35.5. The minimum Gasteiger partial charge on any atom is -0.490 e.